The average Bonchev–Trinajstić information content (AvgIpc) is 3.14. The van der Waals surface area contributed by atoms with Crippen LogP contribution in [0, 0.1) is 0 Å². The summed E-state index contributed by atoms with van der Waals surface area (Å²) >= 11 is 7.08. The van der Waals surface area contributed by atoms with Crippen LogP contribution < -0.4 is 16.0 Å². The first kappa shape index (κ1) is 24.1. The molecule has 2 aromatic carbocycles. The molecule has 0 aliphatic rings. The molecule has 0 fully saturated rings. The number of sulfone groups is 1. The van der Waals surface area contributed by atoms with E-state index in [0.717, 1.165) is 17.8 Å². The van der Waals surface area contributed by atoms with Gasteiger partial charge in [-0.05, 0) is 43.7 Å². The van der Waals surface area contributed by atoms with E-state index >= 15 is 0 Å². The Morgan fingerprint density at radius 2 is 1.94 bits per heavy atom. The van der Waals surface area contributed by atoms with Gasteiger partial charge in [0.1, 0.15) is 0 Å². The van der Waals surface area contributed by atoms with E-state index < -0.39 is 21.8 Å². The number of halogens is 1. The largest absolute Gasteiger partial charge is 0.327 e. The Bertz CT molecular complexity index is 1240. The van der Waals surface area contributed by atoms with Crippen molar-refractivity contribution in [3.8, 4) is 0 Å². The van der Waals surface area contributed by atoms with Crippen molar-refractivity contribution >= 4 is 60.1 Å². The maximum atomic E-state index is 12.6. The van der Waals surface area contributed by atoms with Crippen LogP contribution in [0.3, 0.4) is 0 Å². The van der Waals surface area contributed by atoms with Crippen LogP contribution in [0.2, 0.25) is 5.02 Å². The molecule has 1 heterocycles. The number of aromatic nitrogens is 1. The Morgan fingerprint density at radius 3 is 2.66 bits per heavy atom. The molecule has 0 bridgehead atoms. The molecule has 0 spiro atoms. The van der Waals surface area contributed by atoms with Crippen LogP contribution in [-0.2, 0) is 9.84 Å². The molecule has 0 saturated heterocycles. The normalized spacial score (nSPS) is 12.5. The van der Waals surface area contributed by atoms with Gasteiger partial charge in [0, 0.05) is 12.6 Å². The minimum absolute atomic E-state index is 0.0146. The topological polar surface area (TPSA) is 117 Å². The number of nitrogens with zero attached hydrogens (tertiary/aromatic N) is 1. The predicted octanol–water partition coefficient (Wildman–Crippen LogP) is 4.07. The highest BCUT2D eigenvalue weighted by atomic mass is 35.5. The summed E-state index contributed by atoms with van der Waals surface area (Å²) in [6.45, 7) is 4.40. The molecule has 0 aliphatic carbocycles. The number of carbonyl (C=O) groups is 2. The number of nitrogens with one attached hydrogen (secondary N) is 3. The lowest BCUT2D eigenvalue weighted by Crippen LogP contribution is -2.34. The zero-order chi connectivity index (χ0) is 23.3. The van der Waals surface area contributed by atoms with E-state index in [-0.39, 0.29) is 32.4 Å². The second kappa shape index (κ2) is 10.4. The van der Waals surface area contributed by atoms with Gasteiger partial charge in [-0.25, -0.2) is 18.2 Å². The molecule has 1 unspecified atom stereocenters. The van der Waals surface area contributed by atoms with E-state index in [4.69, 9.17) is 11.6 Å². The van der Waals surface area contributed by atoms with Gasteiger partial charge >= 0.3 is 6.03 Å². The number of urea groups is 1. The van der Waals surface area contributed by atoms with E-state index in [1.165, 1.54) is 12.1 Å². The number of imide groups is 1. The van der Waals surface area contributed by atoms with E-state index in [9.17, 15) is 18.0 Å². The minimum atomic E-state index is -3.46. The standard InChI is InChI=1S/C21H23ClN4O4S2/c1-3-13(2)23-10-11-32(29,30)14-8-9-17-18(12-14)31-21(24-17)26-20(28)25-19(27)15-6-4-5-7-16(15)22/h4-9,12-13,23H,3,10-11H2,1-2H3,(H2,24,25,26,27,28). The lowest BCUT2D eigenvalue weighted by molar-refractivity contribution is 0.0967. The van der Waals surface area contributed by atoms with E-state index in [1.54, 1.807) is 30.3 Å². The van der Waals surface area contributed by atoms with Crippen molar-refractivity contribution < 1.29 is 18.0 Å². The first-order valence-electron chi connectivity index (χ1n) is 9.93. The van der Waals surface area contributed by atoms with Crippen LogP contribution in [-0.4, -0.2) is 43.7 Å². The van der Waals surface area contributed by atoms with Crippen molar-refractivity contribution in [2.75, 3.05) is 17.6 Å². The maximum Gasteiger partial charge on any atom is 0.327 e. The van der Waals surface area contributed by atoms with Gasteiger partial charge in [-0.2, -0.15) is 0 Å². The molecule has 0 radical (unpaired) electrons. The molecule has 32 heavy (non-hydrogen) atoms. The van der Waals surface area contributed by atoms with Gasteiger partial charge in [-0.15, -0.1) is 0 Å². The summed E-state index contributed by atoms with van der Waals surface area (Å²) in [7, 11) is -3.46. The monoisotopic (exact) mass is 494 g/mol. The van der Waals surface area contributed by atoms with Crippen LogP contribution in [0.4, 0.5) is 9.93 Å². The first-order chi connectivity index (χ1) is 15.2. The molecule has 0 saturated carbocycles. The lowest BCUT2D eigenvalue weighted by Gasteiger charge is -2.11. The highest BCUT2D eigenvalue weighted by Gasteiger charge is 2.18. The summed E-state index contributed by atoms with van der Waals surface area (Å²) in [4.78, 5) is 28.9. The molecule has 3 amide bonds. The minimum Gasteiger partial charge on any atom is -0.313 e. The maximum absolute atomic E-state index is 12.6. The summed E-state index contributed by atoms with van der Waals surface area (Å²) in [5.41, 5.74) is 0.714. The van der Waals surface area contributed by atoms with Crippen molar-refractivity contribution in [2.24, 2.45) is 0 Å². The Balaban J connectivity index is 1.67. The third-order valence-corrected chi connectivity index (χ3v) is 7.74. The number of rotatable bonds is 8. The summed E-state index contributed by atoms with van der Waals surface area (Å²) in [6, 6.07) is 10.5. The molecule has 0 aliphatic heterocycles. The summed E-state index contributed by atoms with van der Waals surface area (Å²) < 4.78 is 25.9. The van der Waals surface area contributed by atoms with Crippen molar-refractivity contribution in [3.05, 3.63) is 53.1 Å². The van der Waals surface area contributed by atoms with Gasteiger partial charge in [0.05, 0.1) is 31.5 Å². The number of hydrogen-bond acceptors (Lipinski definition) is 7. The summed E-state index contributed by atoms with van der Waals surface area (Å²) in [6.07, 6.45) is 0.917. The van der Waals surface area contributed by atoms with Gasteiger partial charge in [-0.3, -0.25) is 15.4 Å². The summed E-state index contributed by atoms with van der Waals surface area (Å²) in [5, 5.41) is 8.32. The molecular weight excluding hydrogens is 472 g/mol. The molecular formula is C21H23ClN4O4S2. The zero-order valence-electron chi connectivity index (χ0n) is 17.5. The van der Waals surface area contributed by atoms with Crippen molar-refractivity contribution in [1.82, 2.24) is 15.6 Å². The first-order valence-corrected chi connectivity index (χ1v) is 12.8. The molecule has 3 aromatic rings. The Kier molecular flexibility index (Phi) is 7.83. The molecule has 1 aromatic heterocycles. The Morgan fingerprint density at radius 1 is 1.19 bits per heavy atom. The van der Waals surface area contributed by atoms with Gasteiger partial charge < -0.3 is 5.32 Å². The van der Waals surface area contributed by atoms with Crippen molar-refractivity contribution in [1.29, 1.82) is 0 Å². The molecule has 3 N–H and O–H groups in total. The second-order valence-corrected chi connectivity index (χ2v) is 10.7. The quantitative estimate of drug-likeness (QED) is 0.434. The molecule has 11 heteroatoms. The number of anilines is 1. The van der Waals surface area contributed by atoms with Crippen LogP contribution >= 0.6 is 22.9 Å². The number of benzene rings is 2. The second-order valence-electron chi connectivity index (χ2n) is 7.12. The number of carbonyl (C=O) groups excluding carboxylic acids is 2. The smallest absolute Gasteiger partial charge is 0.313 e. The Labute approximate surface area is 195 Å². The molecule has 3 rings (SSSR count). The predicted molar refractivity (Wildman–Crippen MR) is 127 cm³/mol. The number of thiazole rings is 1. The lowest BCUT2D eigenvalue weighted by atomic mass is 10.2. The third kappa shape index (κ3) is 6.04. The van der Waals surface area contributed by atoms with E-state index in [0.29, 0.717) is 16.8 Å². The third-order valence-electron chi connectivity index (χ3n) is 4.76. The number of amides is 3. The van der Waals surface area contributed by atoms with Crippen molar-refractivity contribution in [3.63, 3.8) is 0 Å². The average molecular weight is 495 g/mol. The number of hydrogen-bond donors (Lipinski definition) is 3. The van der Waals surface area contributed by atoms with Crippen LogP contribution in [0.15, 0.2) is 47.4 Å². The van der Waals surface area contributed by atoms with Gasteiger partial charge in [0.25, 0.3) is 5.91 Å². The molecule has 8 nitrogen and oxygen atoms in total. The Hall–Kier alpha value is -2.53. The highest BCUT2D eigenvalue weighted by Crippen LogP contribution is 2.28. The van der Waals surface area contributed by atoms with Crippen molar-refractivity contribution in [2.45, 2.75) is 31.2 Å². The fourth-order valence-electron chi connectivity index (χ4n) is 2.80. The van der Waals surface area contributed by atoms with Gasteiger partial charge in [0.15, 0.2) is 15.0 Å². The van der Waals surface area contributed by atoms with E-state index in [2.05, 4.69) is 20.9 Å². The van der Waals surface area contributed by atoms with Crippen LogP contribution in [0.5, 0.6) is 0 Å². The van der Waals surface area contributed by atoms with Crippen LogP contribution in [0.25, 0.3) is 10.2 Å². The zero-order valence-corrected chi connectivity index (χ0v) is 19.9. The molecule has 1 atom stereocenters. The molecule has 170 valence electrons. The summed E-state index contributed by atoms with van der Waals surface area (Å²) in [5.74, 6) is -0.659. The van der Waals surface area contributed by atoms with E-state index in [1.807, 2.05) is 13.8 Å². The number of fused-ring (bicyclic) bond motifs is 1. The van der Waals surface area contributed by atoms with Gasteiger partial charge in [0.2, 0.25) is 0 Å². The fourth-order valence-corrected chi connectivity index (χ4v) is 5.19. The highest BCUT2D eigenvalue weighted by molar-refractivity contribution is 7.91. The van der Waals surface area contributed by atoms with Gasteiger partial charge in [-0.1, -0.05) is 42.0 Å². The fraction of sp³-hybridized carbons (Fsp3) is 0.286. The SMILES string of the molecule is CCC(C)NCCS(=O)(=O)c1ccc2nc(NC(=O)NC(=O)c3ccccc3Cl)sc2c1. The van der Waals surface area contributed by atoms with Crippen LogP contribution in [0.1, 0.15) is 30.6 Å².